The lowest BCUT2D eigenvalue weighted by atomic mass is 10.2. The van der Waals surface area contributed by atoms with Crippen LogP contribution in [0.1, 0.15) is 0 Å². The van der Waals surface area contributed by atoms with Gasteiger partial charge in [-0.25, -0.2) is 4.39 Å². The first-order chi connectivity index (χ1) is 6.70. The number of nitrogens with zero attached hydrogens (tertiary/aromatic N) is 2. The predicted octanol–water partition coefficient (Wildman–Crippen LogP) is 2.28. The van der Waals surface area contributed by atoms with Crippen molar-refractivity contribution in [3.05, 3.63) is 46.4 Å². The molecule has 4 nitrogen and oxygen atoms in total. The van der Waals surface area contributed by atoms with E-state index in [0.717, 1.165) is 0 Å². The first kappa shape index (κ1) is 8.55. The smallest absolute Gasteiger partial charge is 0.258 e. The van der Waals surface area contributed by atoms with Crippen molar-refractivity contribution in [1.29, 1.82) is 0 Å². The number of halogens is 1. The normalized spacial score (nSPS) is 10.4. The van der Waals surface area contributed by atoms with E-state index in [9.17, 15) is 14.5 Å². The number of rotatable bonds is 1. The third-order valence-electron chi connectivity index (χ3n) is 1.90. The fourth-order valence-corrected chi connectivity index (χ4v) is 1.28. The summed E-state index contributed by atoms with van der Waals surface area (Å²) < 4.78 is 13.1. The molecule has 14 heavy (non-hydrogen) atoms. The number of aromatic nitrogens is 1. The van der Waals surface area contributed by atoms with E-state index >= 15 is 0 Å². The molecule has 0 fully saturated rings. The minimum absolute atomic E-state index is 0.0294. The highest BCUT2D eigenvalue weighted by Crippen LogP contribution is 2.24. The molecule has 70 valence electrons. The number of benzene rings is 1. The van der Waals surface area contributed by atoms with Crippen molar-refractivity contribution in [2.45, 2.75) is 0 Å². The van der Waals surface area contributed by atoms with E-state index in [0.29, 0.717) is 0 Å². The van der Waals surface area contributed by atoms with E-state index in [1.165, 1.54) is 30.5 Å². The summed E-state index contributed by atoms with van der Waals surface area (Å²) in [5.41, 5.74) is -0.101. The lowest BCUT2D eigenvalue weighted by Crippen LogP contribution is -1.92. The zero-order valence-corrected chi connectivity index (χ0v) is 6.98. The molecule has 0 spiro atoms. The third-order valence-corrected chi connectivity index (χ3v) is 1.90. The monoisotopic (exact) mass is 192 g/mol. The van der Waals surface area contributed by atoms with Crippen LogP contribution in [0.5, 0.6) is 0 Å². The van der Waals surface area contributed by atoms with Crippen LogP contribution >= 0.6 is 0 Å². The second-order valence-electron chi connectivity index (χ2n) is 2.72. The summed E-state index contributed by atoms with van der Waals surface area (Å²) in [5.74, 6) is -0.550. The van der Waals surface area contributed by atoms with Crippen LogP contribution in [0, 0.1) is 15.9 Å². The van der Waals surface area contributed by atoms with Crippen molar-refractivity contribution in [2.75, 3.05) is 0 Å². The van der Waals surface area contributed by atoms with Gasteiger partial charge in [-0.15, -0.1) is 0 Å². The Morgan fingerprint density at radius 1 is 1.36 bits per heavy atom. The molecule has 2 aromatic rings. The molecule has 0 aliphatic rings. The van der Waals surface area contributed by atoms with Crippen molar-refractivity contribution in [1.82, 2.24) is 4.98 Å². The van der Waals surface area contributed by atoms with Crippen LogP contribution in [-0.2, 0) is 0 Å². The minimum Gasteiger partial charge on any atom is -0.258 e. The van der Waals surface area contributed by atoms with Crippen LogP contribution in [0.25, 0.3) is 10.9 Å². The average molecular weight is 192 g/mol. The third kappa shape index (κ3) is 1.19. The molecule has 0 bridgehead atoms. The molecule has 1 heterocycles. The highest BCUT2D eigenvalue weighted by atomic mass is 19.1. The van der Waals surface area contributed by atoms with Crippen molar-refractivity contribution >= 4 is 16.6 Å². The Hall–Kier alpha value is -2.04. The standard InChI is InChI=1S/C9H5FN2O2/c10-7-3-1-2-6-8(12(13)14)4-5-11-9(6)7/h1-5H. The SMILES string of the molecule is O=[N+]([O-])c1ccnc2c(F)cccc12. The Kier molecular flexibility index (Phi) is 1.85. The molecule has 2 rings (SSSR count). The van der Waals surface area contributed by atoms with Gasteiger partial charge in [0.25, 0.3) is 5.69 Å². The van der Waals surface area contributed by atoms with Gasteiger partial charge in [0.1, 0.15) is 11.3 Å². The van der Waals surface area contributed by atoms with Gasteiger partial charge in [0.2, 0.25) is 0 Å². The number of hydrogen-bond acceptors (Lipinski definition) is 3. The first-order valence-corrected chi connectivity index (χ1v) is 3.88. The Bertz CT molecular complexity index is 513. The summed E-state index contributed by atoms with van der Waals surface area (Å²) in [6.07, 6.45) is 1.23. The van der Waals surface area contributed by atoms with E-state index in [2.05, 4.69) is 4.98 Å². The quantitative estimate of drug-likeness (QED) is 0.514. The lowest BCUT2D eigenvalue weighted by Gasteiger charge is -1.98. The van der Waals surface area contributed by atoms with Crippen LogP contribution in [0.3, 0.4) is 0 Å². The Morgan fingerprint density at radius 2 is 2.14 bits per heavy atom. The van der Waals surface area contributed by atoms with E-state index in [4.69, 9.17) is 0 Å². The molecule has 0 N–H and O–H groups in total. The Balaban J connectivity index is 2.88. The molecule has 0 aliphatic carbocycles. The fraction of sp³-hybridized carbons (Fsp3) is 0. The maximum atomic E-state index is 13.1. The van der Waals surface area contributed by atoms with Crippen molar-refractivity contribution < 1.29 is 9.31 Å². The summed E-state index contributed by atoms with van der Waals surface area (Å²) in [6, 6.07) is 5.37. The number of nitro groups is 1. The van der Waals surface area contributed by atoms with Crippen LogP contribution in [0.2, 0.25) is 0 Å². The zero-order valence-electron chi connectivity index (χ0n) is 6.98. The van der Waals surface area contributed by atoms with Gasteiger partial charge in [-0.1, -0.05) is 6.07 Å². The van der Waals surface area contributed by atoms with Crippen molar-refractivity contribution in [3.8, 4) is 0 Å². The average Bonchev–Trinajstić information content (AvgIpc) is 2.17. The first-order valence-electron chi connectivity index (χ1n) is 3.88. The maximum absolute atomic E-state index is 13.1. The second-order valence-corrected chi connectivity index (χ2v) is 2.72. The largest absolute Gasteiger partial charge is 0.280 e. The number of fused-ring (bicyclic) bond motifs is 1. The number of hydrogen-bond donors (Lipinski definition) is 0. The number of pyridine rings is 1. The Labute approximate surface area is 78.2 Å². The second kappa shape index (κ2) is 3.02. The van der Waals surface area contributed by atoms with Crippen LogP contribution in [0.4, 0.5) is 10.1 Å². The van der Waals surface area contributed by atoms with Gasteiger partial charge in [0.15, 0.2) is 0 Å². The van der Waals surface area contributed by atoms with E-state index in [-0.39, 0.29) is 16.6 Å². The van der Waals surface area contributed by atoms with Crippen LogP contribution in [0.15, 0.2) is 30.5 Å². The highest BCUT2D eigenvalue weighted by Gasteiger charge is 2.13. The zero-order chi connectivity index (χ0) is 10.1. The molecule has 1 aromatic carbocycles. The molecule has 5 heteroatoms. The van der Waals surface area contributed by atoms with Gasteiger partial charge in [-0.2, -0.15) is 0 Å². The molecule has 0 unspecified atom stereocenters. The summed E-state index contributed by atoms with van der Waals surface area (Å²) >= 11 is 0. The molecule has 0 saturated carbocycles. The Morgan fingerprint density at radius 3 is 2.86 bits per heavy atom. The molecule has 1 aromatic heterocycles. The van der Waals surface area contributed by atoms with Gasteiger partial charge in [0, 0.05) is 12.3 Å². The van der Waals surface area contributed by atoms with E-state index in [1.807, 2.05) is 0 Å². The molecule has 0 aliphatic heterocycles. The summed E-state index contributed by atoms with van der Waals surface area (Å²) in [7, 11) is 0. The van der Waals surface area contributed by atoms with Crippen LogP contribution in [-0.4, -0.2) is 9.91 Å². The van der Waals surface area contributed by atoms with E-state index in [1.54, 1.807) is 0 Å². The molecule has 0 amide bonds. The van der Waals surface area contributed by atoms with Gasteiger partial charge >= 0.3 is 0 Å². The molecule has 0 radical (unpaired) electrons. The van der Waals surface area contributed by atoms with Gasteiger partial charge in [-0.05, 0) is 12.1 Å². The van der Waals surface area contributed by atoms with Crippen LogP contribution < -0.4 is 0 Å². The lowest BCUT2D eigenvalue weighted by molar-refractivity contribution is -0.383. The highest BCUT2D eigenvalue weighted by molar-refractivity contribution is 5.87. The van der Waals surface area contributed by atoms with Gasteiger partial charge < -0.3 is 0 Å². The van der Waals surface area contributed by atoms with Gasteiger partial charge in [0.05, 0.1) is 10.3 Å². The maximum Gasteiger partial charge on any atom is 0.280 e. The minimum atomic E-state index is -0.552. The summed E-state index contributed by atoms with van der Waals surface area (Å²) in [5, 5.41) is 10.8. The summed E-state index contributed by atoms with van der Waals surface area (Å²) in [4.78, 5) is 13.8. The van der Waals surface area contributed by atoms with E-state index < -0.39 is 10.7 Å². The van der Waals surface area contributed by atoms with Crippen molar-refractivity contribution in [3.63, 3.8) is 0 Å². The molecular weight excluding hydrogens is 187 g/mol. The topological polar surface area (TPSA) is 56.0 Å². The fourth-order valence-electron chi connectivity index (χ4n) is 1.28. The molecule has 0 atom stereocenters. The van der Waals surface area contributed by atoms with Gasteiger partial charge in [-0.3, -0.25) is 15.1 Å². The van der Waals surface area contributed by atoms with Crippen molar-refractivity contribution in [2.24, 2.45) is 0 Å². The summed E-state index contributed by atoms with van der Waals surface area (Å²) in [6.45, 7) is 0. The predicted molar refractivity (Wildman–Crippen MR) is 48.4 cm³/mol. The number of para-hydroxylation sites is 1. The molecule has 0 saturated heterocycles. The molecular formula is C9H5FN2O2.